The van der Waals surface area contributed by atoms with Crippen LogP contribution in [0.25, 0.3) is 11.6 Å². The average molecular weight is 416 g/mol. The highest BCUT2D eigenvalue weighted by molar-refractivity contribution is 7.89. The Morgan fingerprint density at radius 1 is 1.07 bits per heavy atom. The summed E-state index contributed by atoms with van der Waals surface area (Å²) in [7, 11) is 0.0585. The molecule has 0 aliphatic carbocycles. The second-order valence-electron chi connectivity index (χ2n) is 7.50. The first-order valence-corrected chi connectivity index (χ1v) is 11.0. The van der Waals surface area contributed by atoms with Gasteiger partial charge in [-0.15, -0.1) is 0 Å². The highest BCUT2D eigenvalue weighted by Gasteiger charge is 2.33. The van der Waals surface area contributed by atoms with Crippen LogP contribution in [0.5, 0.6) is 0 Å². The summed E-state index contributed by atoms with van der Waals surface area (Å²) >= 11 is 0. The van der Waals surface area contributed by atoms with Crippen molar-refractivity contribution < 1.29 is 17.9 Å². The van der Waals surface area contributed by atoms with Gasteiger partial charge < -0.3 is 14.2 Å². The van der Waals surface area contributed by atoms with Crippen molar-refractivity contribution in [2.45, 2.75) is 18.7 Å². The van der Waals surface area contributed by atoms with E-state index in [9.17, 15) is 13.2 Å². The zero-order valence-corrected chi connectivity index (χ0v) is 17.9. The molecule has 2 aromatic rings. The predicted octanol–water partition coefficient (Wildman–Crippen LogP) is 2.18. The number of aromatic nitrogens is 1. The Morgan fingerprint density at radius 3 is 2.38 bits per heavy atom. The summed E-state index contributed by atoms with van der Waals surface area (Å²) in [5.74, 6) is -0.137. The summed E-state index contributed by atoms with van der Waals surface area (Å²) in [6.07, 6.45) is 1.86. The molecule has 0 bridgehead atoms. The highest BCUT2D eigenvalue weighted by atomic mass is 32.2. The molecule has 1 saturated heterocycles. The number of hydrogen-bond acceptors (Lipinski definition) is 4. The summed E-state index contributed by atoms with van der Waals surface area (Å²) in [6, 6.07) is 6.94. The minimum atomic E-state index is -3.63. The summed E-state index contributed by atoms with van der Waals surface area (Å²) < 4.78 is 34.9. The fraction of sp³-hybridized carbons (Fsp3) is 0.381. The first kappa shape index (κ1) is 19.9. The summed E-state index contributed by atoms with van der Waals surface area (Å²) in [6.45, 7) is 5.47. The zero-order chi connectivity index (χ0) is 20.9. The molecule has 0 N–H and O–H groups in total. The average Bonchev–Trinajstić information content (AvgIpc) is 3.11. The van der Waals surface area contributed by atoms with Crippen molar-refractivity contribution in [3.8, 4) is 0 Å². The van der Waals surface area contributed by atoms with Gasteiger partial charge in [0.15, 0.2) is 0 Å². The van der Waals surface area contributed by atoms with Crippen molar-refractivity contribution in [1.29, 1.82) is 0 Å². The van der Waals surface area contributed by atoms with Crippen LogP contribution in [0.2, 0.25) is 0 Å². The first-order valence-electron chi connectivity index (χ1n) is 9.57. The van der Waals surface area contributed by atoms with Gasteiger partial charge >= 0.3 is 0 Å². The van der Waals surface area contributed by atoms with Gasteiger partial charge in [-0.1, -0.05) is 0 Å². The number of rotatable bonds is 3. The molecule has 0 saturated carbocycles. The first-order chi connectivity index (χ1) is 13.7. The van der Waals surface area contributed by atoms with Crippen LogP contribution in [0.1, 0.15) is 22.5 Å². The number of amides is 1. The molecule has 4 rings (SSSR count). The van der Waals surface area contributed by atoms with Gasteiger partial charge in [0.1, 0.15) is 0 Å². The molecule has 1 aromatic heterocycles. The quantitative estimate of drug-likeness (QED) is 0.721. The van der Waals surface area contributed by atoms with Crippen molar-refractivity contribution in [2.75, 3.05) is 38.3 Å². The Labute approximate surface area is 171 Å². The number of carbonyl (C=O) groups excluding carboxylic acids is 1. The van der Waals surface area contributed by atoms with Gasteiger partial charge in [0.05, 0.1) is 23.8 Å². The fourth-order valence-electron chi connectivity index (χ4n) is 3.85. The molecule has 7 nitrogen and oxygen atoms in total. The molecule has 29 heavy (non-hydrogen) atoms. The Morgan fingerprint density at radius 2 is 1.76 bits per heavy atom. The van der Waals surface area contributed by atoms with E-state index in [4.69, 9.17) is 4.74 Å². The number of benzene rings is 1. The molecule has 3 heterocycles. The number of fused-ring (bicyclic) bond motifs is 1. The lowest BCUT2D eigenvalue weighted by molar-refractivity contribution is -0.112. The molecule has 1 amide bonds. The molecule has 8 heteroatoms. The van der Waals surface area contributed by atoms with Gasteiger partial charge in [-0.2, -0.15) is 4.31 Å². The van der Waals surface area contributed by atoms with Crippen LogP contribution in [0.4, 0.5) is 5.69 Å². The molecule has 0 unspecified atom stereocenters. The molecule has 0 radical (unpaired) electrons. The lowest BCUT2D eigenvalue weighted by atomic mass is 10.0. The molecule has 0 atom stereocenters. The third-order valence-electron chi connectivity index (χ3n) is 5.88. The topological polar surface area (TPSA) is 71.8 Å². The van der Waals surface area contributed by atoms with Crippen LogP contribution in [0, 0.1) is 13.8 Å². The Balaban J connectivity index is 1.81. The summed E-state index contributed by atoms with van der Waals surface area (Å²) in [4.78, 5) is 14.7. The highest BCUT2D eigenvalue weighted by Crippen LogP contribution is 2.39. The van der Waals surface area contributed by atoms with Crippen molar-refractivity contribution in [3.63, 3.8) is 0 Å². The number of sulfonamides is 1. The Bertz CT molecular complexity index is 1130. The van der Waals surface area contributed by atoms with Crippen molar-refractivity contribution >= 4 is 33.3 Å². The van der Waals surface area contributed by atoms with E-state index in [1.807, 2.05) is 33.0 Å². The fourth-order valence-corrected chi connectivity index (χ4v) is 5.29. The van der Waals surface area contributed by atoms with Crippen LogP contribution in [0.3, 0.4) is 0 Å². The van der Waals surface area contributed by atoms with E-state index >= 15 is 0 Å². The minimum absolute atomic E-state index is 0.137. The largest absolute Gasteiger partial charge is 0.379 e. The maximum atomic E-state index is 13.1. The third-order valence-corrected chi connectivity index (χ3v) is 7.77. The van der Waals surface area contributed by atoms with Crippen molar-refractivity contribution in [3.05, 3.63) is 46.8 Å². The monoisotopic (exact) mass is 415 g/mol. The van der Waals surface area contributed by atoms with E-state index in [-0.39, 0.29) is 10.8 Å². The number of hydrogen-bond donors (Lipinski definition) is 0. The molecule has 1 aromatic carbocycles. The van der Waals surface area contributed by atoms with Gasteiger partial charge in [-0.25, -0.2) is 8.42 Å². The molecular weight excluding hydrogens is 390 g/mol. The normalized spacial score (nSPS) is 19.2. The smallest absolute Gasteiger partial charge is 0.258 e. The predicted molar refractivity (Wildman–Crippen MR) is 112 cm³/mol. The van der Waals surface area contributed by atoms with E-state index in [2.05, 4.69) is 4.57 Å². The molecule has 154 valence electrons. The van der Waals surface area contributed by atoms with Gasteiger partial charge in [0.2, 0.25) is 10.0 Å². The van der Waals surface area contributed by atoms with E-state index < -0.39 is 10.0 Å². The van der Waals surface area contributed by atoms with Crippen LogP contribution >= 0.6 is 0 Å². The Hall–Kier alpha value is -2.42. The van der Waals surface area contributed by atoms with Gasteiger partial charge in [-0.05, 0) is 49.8 Å². The lowest BCUT2D eigenvalue weighted by Crippen LogP contribution is -2.40. The van der Waals surface area contributed by atoms with E-state index in [1.54, 1.807) is 30.1 Å². The van der Waals surface area contributed by atoms with Gasteiger partial charge in [-0.3, -0.25) is 4.79 Å². The number of nitrogens with zero attached hydrogens (tertiary/aromatic N) is 3. The third kappa shape index (κ3) is 3.21. The minimum Gasteiger partial charge on any atom is -0.379 e. The second-order valence-corrected chi connectivity index (χ2v) is 9.44. The molecular formula is C21H25N3O4S. The van der Waals surface area contributed by atoms with E-state index in [1.165, 1.54) is 4.31 Å². The maximum absolute atomic E-state index is 13.1. The van der Waals surface area contributed by atoms with E-state index in [0.29, 0.717) is 43.1 Å². The number of likely N-dealkylation sites (N-methyl/N-ethyl adjacent to an activating group) is 1. The second kappa shape index (κ2) is 7.12. The van der Waals surface area contributed by atoms with Crippen molar-refractivity contribution in [1.82, 2.24) is 8.87 Å². The molecule has 0 spiro atoms. The maximum Gasteiger partial charge on any atom is 0.258 e. The SMILES string of the molecule is Cc1cc(/C=C2/C(=O)N(C)c3ccc(S(=O)(=O)N4CCOCC4)cc32)c(C)n1C. The van der Waals surface area contributed by atoms with Crippen LogP contribution < -0.4 is 4.90 Å². The van der Waals surface area contributed by atoms with Crippen LogP contribution in [-0.4, -0.2) is 56.5 Å². The van der Waals surface area contributed by atoms with Crippen LogP contribution in [-0.2, 0) is 26.6 Å². The number of anilines is 1. The van der Waals surface area contributed by atoms with Crippen LogP contribution in [0.15, 0.2) is 29.2 Å². The van der Waals surface area contributed by atoms with Gasteiger partial charge in [0.25, 0.3) is 5.91 Å². The summed E-state index contributed by atoms with van der Waals surface area (Å²) in [5.41, 5.74) is 4.97. The van der Waals surface area contributed by atoms with E-state index in [0.717, 1.165) is 17.0 Å². The molecule has 2 aliphatic rings. The van der Waals surface area contributed by atoms with Gasteiger partial charge in [0, 0.05) is 49.7 Å². The number of carbonyl (C=O) groups is 1. The number of aryl methyl sites for hydroxylation is 1. The zero-order valence-electron chi connectivity index (χ0n) is 17.1. The number of ether oxygens (including phenoxy) is 1. The summed E-state index contributed by atoms with van der Waals surface area (Å²) in [5, 5.41) is 0. The standard InChI is InChI=1S/C21H25N3O4S/c1-14-11-16(15(2)22(14)3)12-19-18-13-17(5-6-20(18)23(4)21(19)25)29(26,27)24-7-9-28-10-8-24/h5-6,11-13H,7-10H2,1-4H3/b19-12+. The lowest BCUT2D eigenvalue weighted by Gasteiger charge is -2.26. The Kier molecular flexibility index (Phi) is 4.88. The van der Waals surface area contributed by atoms with Crippen molar-refractivity contribution in [2.24, 2.45) is 7.05 Å². The number of morpholine rings is 1. The molecule has 2 aliphatic heterocycles. The molecule has 1 fully saturated rings.